The summed E-state index contributed by atoms with van der Waals surface area (Å²) in [4.78, 5) is 4.91. The standard InChI is InChI=1S/C23H22FN3/c1-15-11-21-22(12-16(15)2)27(14-18-5-9-20(24)10-6-18)23(26-21)19-7-3-17(13-25)4-8-19/h3-12H,13-14,25H2,1-2H3. The van der Waals surface area contributed by atoms with Crippen molar-refractivity contribution in [3.63, 3.8) is 0 Å². The number of rotatable bonds is 4. The van der Waals surface area contributed by atoms with Gasteiger partial charge in [0.25, 0.3) is 0 Å². The number of halogens is 1. The number of aryl methyl sites for hydroxylation is 2. The van der Waals surface area contributed by atoms with E-state index in [2.05, 4.69) is 42.7 Å². The van der Waals surface area contributed by atoms with Gasteiger partial charge in [0.05, 0.1) is 11.0 Å². The highest BCUT2D eigenvalue weighted by atomic mass is 19.1. The van der Waals surface area contributed by atoms with Crippen LogP contribution in [0.1, 0.15) is 22.3 Å². The highest BCUT2D eigenvalue weighted by Gasteiger charge is 2.14. The highest BCUT2D eigenvalue weighted by molar-refractivity contribution is 5.82. The summed E-state index contributed by atoms with van der Waals surface area (Å²) in [6.07, 6.45) is 0. The van der Waals surface area contributed by atoms with Crippen LogP contribution in [0.15, 0.2) is 60.7 Å². The van der Waals surface area contributed by atoms with E-state index >= 15 is 0 Å². The fourth-order valence-corrected chi connectivity index (χ4v) is 3.32. The predicted molar refractivity (Wildman–Crippen MR) is 108 cm³/mol. The van der Waals surface area contributed by atoms with Crippen molar-refractivity contribution in [1.29, 1.82) is 0 Å². The predicted octanol–water partition coefficient (Wildman–Crippen LogP) is 4.97. The average Bonchev–Trinajstić information content (AvgIpc) is 3.01. The van der Waals surface area contributed by atoms with Crippen molar-refractivity contribution in [2.75, 3.05) is 0 Å². The Morgan fingerprint density at radius 1 is 0.889 bits per heavy atom. The molecule has 3 aromatic carbocycles. The maximum atomic E-state index is 13.3. The van der Waals surface area contributed by atoms with Crippen LogP contribution in [0.4, 0.5) is 4.39 Å². The first-order valence-corrected chi connectivity index (χ1v) is 9.06. The van der Waals surface area contributed by atoms with Gasteiger partial charge in [-0.2, -0.15) is 0 Å². The molecule has 4 heteroatoms. The molecule has 0 amide bonds. The molecule has 0 bridgehead atoms. The Kier molecular flexibility index (Phi) is 4.50. The van der Waals surface area contributed by atoms with E-state index in [9.17, 15) is 4.39 Å². The third-order valence-corrected chi connectivity index (χ3v) is 5.07. The monoisotopic (exact) mass is 359 g/mol. The van der Waals surface area contributed by atoms with Crippen molar-refractivity contribution in [2.24, 2.45) is 5.73 Å². The number of hydrogen-bond acceptors (Lipinski definition) is 2. The molecule has 0 saturated carbocycles. The van der Waals surface area contributed by atoms with Gasteiger partial charge in [0, 0.05) is 18.7 Å². The molecule has 136 valence electrons. The molecule has 1 aromatic heterocycles. The van der Waals surface area contributed by atoms with Gasteiger partial charge in [0.15, 0.2) is 0 Å². The number of nitrogens with zero attached hydrogens (tertiary/aromatic N) is 2. The van der Waals surface area contributed by atoms with Crippen LogP contribution in [-0.2, 0) is 13.1 Å². The molecule has 0 aliphatic carbocycles. The summed E-state index contributed by atoms with van der Waals surface area (Å²) < 4.78 is 15.5. The number of benzene rings is 3. The lowest BCUT2D eigenvalue weighted by Crippen LogP contribution is -2.03. The minimum Gasteiger partial charge on any atom is -0.326 e. The second-order valence-corrected chi connectivity index (χ2v) is 6.97. The van der Waals surface area contributed by atoms with E-state index in [-0.39, 0.29) is 5.82 Å². The fourth-order valence-electron chi connectivity index (χ4n) is 3.32. The Morgan fingerprint density at radius 2 is 1.52 bits per heavy atom. The molecule has 27 heavy (non-hydrogen) atoms. The van der Waals surface area contributed by atoms with Gasteiger partial charge >= 0.3 is 0 Å². The third kappa shape index (κ3) is 3.36. The summed E-state index contributed by atoms with van der Waals surface area (Å²) in [6, 6.07) is 19.1. The van der Waals surface area contributed by atoms with Gasteiger partial charge in [0.2, 0.25) is 0 Å². The molecule has 4 rings (SSSR count). The van der Waals surface area contributed by atoms with E-state index in [4.69, 9.17) is 10.7 Å². The van der Waals surface area contributed by atoms with Gasteiger partial charge in [0.1, 0.15) is 11.6 Å². The largest absolute Gasteiger partial charge is 0.326 e. The summed E-state index contributed by atoms with van der Waals surface area (Å²) >= 11 is 0. The van der Waals surface area contributed by atoms with Crippen LogP contribution in [0, 0.1) is 19.7 Å². The Hall–Kier alpha value is -2.98. The van der Waals surface area contributed by atoms with Crippen LogP contribution >= 0.6 is 0 Å². The molecule has 0 aliphatic rings. The van der Waals surface area contributed by atoms with Crippen molar-refractivity contribution in [2.45, 2.75) is 26.9 Å². The zero-order chi connectivity index (χ0) is 19.0. The zero-order valence-corrected chi connectivity index (χ0v) is 15.5. The smallest absolute Gasteiger partial charge is 0.141 e. The first kappa shape index (κ1) is 17.4. The Labute approximate surface area is 158 Å². The van der Waals surface area contributed by atoms with Crippen molar-refractivity contribution < 1.29 is 4.39 Å². The molecule has 0 fully saturated rings. The quantitative estimate of drug-likeness (QED) is 0.559. The van der Waals surface area contributed by atoms with Crippen LogP contribution in [-0.4, -0.2) is 9.55 Å². The molecule has 0 radical (unpaired) electrons. The molecule has 1 heterocycles. The molecule has 2 N–H and O–H groups in total. The van der Waals surface area contributed by atoms with Gasteiger partial charge in [-0.25, -0.2) is 9.37 Å². The molecule has 3 nitrogen and oxygen atoms in total. The van der Waals surface area contributed by atoms with Crippen LogP contribution in [0.2, 0.25) is 0 Å². The molecule has 0 atom stereocenters. The molecule has 0 unspecified atom stereocenters. The first-order valence-electron chi connectivity index (χ1n) is 9.06. The normalized spacial score (nSPS) is 11.3. The maximum absolute atomic E-state index is 13.3. The Balaban J connectivity index is 1.89. The second-order valence-electron chi connectivity index (χ2n) is 6.97. The van der Waals surface area contributed by atoms with E-state index in [0.717, 1.165) is 33.5 Å². The van der Waals surface area contributed by atoms with E-state index in [1.165, 1.54) is 23.3 Å². The molecular formula is C23H22FN3. The van der Waals surface area contributed by atoms with Crippen LogP contribution in [0.5, 0.6) is 0 Å². The number of aromatic nitrogens is 2. The van der Waals surface area contributed by atoms with E-state index in [0.29, 0.717) is 13.1 Å². The van der Waals surface area contributed by atoms with E-state index in [1.54, 1.807) is 0 Å². The summed E-state index contributed by atoms with van der Waals surface area (Å²) in [6.45, 7) is 5.36. The van der Waals surface area contributed by atoms with Crippen molar-refractivity contribution in [3.05, 3.63) is 88.7 Å². The van der Waals surface area contributed by atoms with Crippen LogP contribution < -0.4 is 5.73 Å². The first-order chi connectivity index (χ1) is 13.0. The van der Waals surface area contributed by atoms with Gasteiger partial charge in [-0.05, 0) is 60.4 Å². The van der Waals surface area contributed by atoms with Crippen molar-refractivity contribution >= 4 is 11.0 Å². The third-order valence-electron chi connectivity index (χ3n) is 5.07. The lowest BCUT2D eigenvalue weighted by atomic mass is 10.1. The number of imidazole rings is 1. The van der Waals surface area contributed by atoms with Crippen LogP contribution in [0.25, 0.3) is 22.4 Å². The minimum absolute atomic E-state index is 0.224. The van der Waals surface area contributed by atoms with Crippen LogP contribution in [0.3, 0.4) is 0 Å². The van der Waals surface area contributed by atoms with Crippen molar-refractivity contribution in [3.8, 4) is 11.4 Å². The molecular weight excluding hydrogens is 337 g/mol. The minimum atomic E-state index is -0.224. The molecule has 4 aromatic rings. The zero-order valence-electron chi connectivity index (χ0n) is 15.5. The maximum Gasteiger partial charge on any atom is 0.141 e. The number of hydrogen-bond donors (Lipinski definition) is 1. The van der Waals surface area contributed by atoms with Gasteiger partial charge in [-0.1, -0.05) is 36.4 Å². The topological polar surface area (TPSA) is 43.8 Å². The van der Waals surface area contributed by atoms with Gasteiger partial charge < -0.3 is 10.3 Å². The van der Waals surface area contributed by atoms with Crippen molar-refractivity contribution in [1.82, 2.24) is 9.55 Å². The highest BCUT2D eigenvalue weighted by Crippen LogP contribution is 2.28. The van der Waals surface area contributed by atoms with E-state index in [1.807, 2.05) is 24.3 Å². The summed E-state index contributed by atoms with van der Waals surface area (Å²) in [5.74, 6) is 0.682. The number of fused-ring (bicyclic) bond motifs is 1. The lowest BCUT2D eigenvalue weighted by molar-refractivity contribution is 0.626. The van der Waals surface area contributed by atoms with Gasteiger partial charge in [-0.15, -0.1) is 0 Å². The Morgan fingerprint density at radius 3 is 2.19 bits per heavy atom. The van der Waals surface area contributed by atoms with E-state index < -0.39 is 0 Å². The molecule has 0 saturated heterocycles. The molecule has 0 spiro atoms. The summed E-state index contributed by atoms with van der Waals surface area (Å²) in [5.41, 5.74) is 13.4. The number of nitrogens with two attached hydrogens (primary N) is 1. The summed E-state index contributed by atoms with van der Waals surface area (Å²) in [7, 11) is 0. The summed E-state index contributed by atoms with van der Waals surface area (Å²) in [5, 5.41) is 0. The lowest BCUT2D eigenvalue weighted by Gasteiger charge is -2.11. The fraction of sp³-hybridized carbons (Fsp3) is 0.174. The SMILES string of the molecule is Cc1cc2nc(-c3ccc(CN)cc3)n(Cc3ccc(F)cc3)c2cc1C. The second kappa shape index (κ2) is 6.97. The van der Waals surface area contributed by atoms with Gasteiger partial charge in [-0.3, -0.25) is 0 Å². The molecule has 0 aliphatic heterocycles. The average molecular weight is 359 g/mol. The Bertz CT molecular complexity index is 1090.